The molecule has 0 aliphatic carbocycles. The minimum absolute atomic E-state index is 0.0229. The summed E-state index contributed by atoms with van der Waals surface area (Å²) in [5.74, 6) is -4.30. The van der Waals surface area contributed by atoms with Crippen molar-refractivity contribution in [1.29, 1.82) is 0 Å². The standard InChI is InChI=1S/C30H38N2O11/c1-18(2)28(34)43-25-19(3)42-30(36)22(16-40-29(35)21(25)15-20-9-7-6-8-10-20)32-27(33)24-26(23(38-5)11-12-31-24)41-17-39-14-13-37-4/h6-12,18-19,21-22,25H,13-17H2,1-5H3,(H,32,33). The maximum Gasteiger partial charge on any atom is 0.332 e. The highest BCUT2D eigenvalue weighted by atomic mass is 16.7. The minimum atomic E-state index is -1.41. The second kappa shape index (κ2) is 16.4. The monoisotopic (exact) mass is 602 g/mol. The number of aromatic nitrogens is 1. The quantitative estimate of drug-likeness (QED) is 0.154. The molecule has 0 bridgehead atoms. The fourth-order valence-corrected chi connectivity index (χ4v) is 4.17. The van der Waals surface area contributed by atoms with E-state index in [1.54, 1.807) is 13.8 Å². The van der Waals surface area contributed by atoms with Crippen LogP contribution in [-0.4, -0.2) is 87.9 Å². The number of cyclic esters (lactones) is 2. The molecule has 234 valence electrons. The molecule has 4 unspecified atom stereocenters. The van der Waals surface area contributed by atoms with Crippen molar-refractivity contribution in [3.8, 4) is 11.5 Å². The second-order valence-corrected chi connectivity index (χ2v) is 10.0. The van der Waals surface area contributed by atoms with E-state index in [4.69, 9.17) is 33.2 Å². The van der Waals surface area contributed by atoms with Gasteiger partial charge in [-0.25, -0.2) is 9.78 Å². The fraction of sp³-hybridized carbons (Fsp3) is 0.500. The Morgan fingerprint density at radius 1 is 1.07 bits per heavy atom. The van der Waals surface area contributed by atoms with Crippen LogP contribution in [0.15, 0.2) is 42.6 Å². The zero-order valence-corrected chi connectivity index (χ0v) is 24.9. The van der Waals surface area contributed by atoms with Crippen molar-refractivity contribution in [1.82, 2.24) is 10.3 Å². The van der Waals surface area contributed by atoms with Crippen LogP contribution in [0.3, 0.4) is 0 Å². The Hall–Kier alpha value is -4.23. The number of nitrogens with zero attached hydrogens (tertiary/aromatic N) is 1. The molecule has 0 radical (unpaired) electrons. The molecule has 2 aromatic rings. The normalized spacial score (nSPS) is 20.6. The number of hydrogen-bond acceptors (Lipinski definition) is 12. The average molecular weight is 603 g/mol. The SMILES string of the molecule is COCCOCOc1c(OC)ccnc1C(=O)NC1COC(=O)C(Cc2ccccc2)C(OC(=O)C(C)C)C(C)OC1=O. The van der Waals surface area contributed by atoms with Crippen LogP contribution in [0.4, 0.5) is 0 Å². The Morgan fingerprint density at radius 3 is 2.49 bits per heavy atom. The van der Waals surface area contributed by atoms with Crippen molar-refractivity contribution < 1.29 is 52.3 Å². The predicted octanol–water partition coefficient (Wildman–Crippen LogP) is 2.10. The first-order valence-corrected chi connectivity index (χ1v) is 13.8. The molecule has 3 rings (SSSR count). The summed E-state index contributed by atoms with van der Waals surface area (Å²) in [6.07, 6.45) is -0.695. The van der Waals surface area contributed by atoms with Crippen molar-refractivity contribution >= 4 is 23.8 Å². The van der Waals surface area contributed by atoms with E-state index in [9.17, 15) is 19.2 Å². The number of benzene rings is 1. The number of methoxy groups -OCH3 is 2. The molecule has 13 heteroatoms. The molecule has 1 aliphatic rings. The second-order valence-electron chi connectivity index (χ2n) is 10.0. The molecule has 1 saturated heterocycles. The van der Waals surface area contributed by atoms with Crippen LogP contribution in [0.5, 0.6) is 11.5 Å². The van der Waals surface area contributed by atoms with E-state index in [1.165, 1.54) is 33.4 Å². The van der Waals surface area contributed by atoms with Crippen LogP contribution < -0.4 is 14.8 Å². The van der Waals surface area contributed by atoms with Gasteiger partial charge in [-0.05, 0) is 18.9 Å². The number of pyridine rings is 1. The molecule has 1 aromatic heterocycles. The molecule has 4 atom stereocenters. The number of esters is 3. The van der Waals surface area contributed by atoms with E-state index in [-0.39, 0.29) is 37.0 Å². The molecule has 1 N–H and O–H groups in total. The summed E-state index contributed by atoms with van der Waals surface area (Å²) >= 11 is 0. The number of carbonyl (C=O) groups excluding carboxylic acids is 4. The fourth-order valence-electron chi connectivity index (χ4n) is 4.17. The average Bonchev–Trinajstić information content (AvgIpc) is 3.03. The van der Waals surface area contributed by atoms with E-state index in [2.05, 4.69) is 10.3 Å². The molecular formula is C30H38N2O11. The van der Waals surface area contributed by atoms with E-state index in [0.717, 1.165) is 5.56 Å². The summed E-state index contributed by atoms with van der Waals surface area (Å²) in [7, 11) is 2.92. The number of amides is 1. The molecule has 0 saturated carbocycles. The predicted molar refractivity (Wildman–Crippen MR) is 150 cm³/mol. The number of hydrogen-bond donors (Lipinski definition) is 1. The summed E-state index contributed by atoms with van der Waals surface area (Å²) in [5, 5.41) is 2.51. The van der Waals surface area contributed by atoms with Gasteiger partial charge in [0.1, 0.15) is 18.6 Å². The summed E-state index contributed by atoms with van der Waals surface area (Å²) < 4.78 is 38.0. The van der Waals surface area contributed by atoms with Gasteiger partial charge in [0.25, 0.3) is 5.91 Å². The molecule has 43 heavy (non-hydrogen) atoms. The van der Waals surface area contributed by atoms with Crippen molar-refractivity contribution in [2.45, 2.75) is 45.4 Å². The molecule has 1 aromatic carbocycles. The van der Waals surface area contributed by atoms with Crippen LogP contribution in [0.1, 0.15) is 36.8 Å². The molecule has 0 spiro atoms. The Balaban J connectivity index is 1.83. The van der Waals surface area contributed by atoms with Crippen molar-refractivity contribution in [2.24, 2.45) is 11.8 Å². The summed E-state index contributed by atoms with van der Waals surface area (Å²) in [5.41, 5.74) is 0.591. The van der Waals surface area contributed by atoms with Crippen LogP contribution in [0, 0.1) is 11.8 Å². The van der Waals surface area contributed by atoms with E-state index in [1.807, 2.05) is 30.3 Å². The van der Waals surface area contributed by atoms with Gasteiger partial charge in [-0.3, -0.25) is 14.4 Å². The number of ether oxygens (including phenoxy) is 7. The lowest BCUT2D eigenvalue weighted by Crippen LogP contribution is -2.47. The summed E-state index contributed by atoms with van der Waals surface area (Å²) in [6, 6.07) is 9.20. The third-order valence-electron chi connectivity index (χ3n) is 6.49. The Bertz CT molecular complexity index is 1240. The lowest BCUT2D eigenvalue weighted by molar-refractivity contribution is -0.176. The van der Waals surface area contributed by atoms with Gasteiger partial charge >= 0.3 is 17.9 Å². The highest BCUT2D eigenvalue weighted by Crippen LogP contribution is 2.30. The first kappa shape index (κ1) is 33.3. The van der Waals surface area contributed by atoms with Crippen molar-refractivity contribution in [3.63, 3.8) is 0 Å². The van der Waals surface area contributed by atoms with Gasteiger partial charge in [-0.2, -0.15) is 0 Å². The summed E-state index contributed by atoms with van der Waals surface area (Å²) in [4.78, 5) is 56.7. The zero-order valence-electron chi connectivity index (χ0n) is 24.9. The third-order valence-corrected chi connectivity index (χ3v) is 6.49. The first-order valence-electron chi connectivity index (χ1n) is 13.8. The topological polar surface area (TPSA) is 158 Å². The first-order chi connectivity index (χ1) is 20.7. The number of rotatable bonds is 13. The maximum absolute atomic E-state index is 13.4. The minimum Gasteiger partial charge on any atom is -0.493 e. The van der Waals surface area contributed by atoms with E-state index >= 15 is 0 Å². The molecule has 2 heterocycles. The smallest absolute Gasteiger partial charge is 0.332 e. The molecule has 1 fully saturated rings. The Kier molecular flexibility index (Phi) is 12.7. The van der Waals surface area contributed by atoms with Gasteiger partial charge in [-0.1, -0.05) is 44.2 Å². The van der Waals surface area contributed by atoms with Gasteiger partial charge in [-0.15, -0.1) is 0 Å². The highest BCUT2D eigenvalue weighted by molar-refractivity contribution is 5.98. The van der Waals surface area contributed by atoms with Crippen LogP contribution >= 0.6 is 0 Å². The maximum atomic E-state index is 13.4. The molecular weight excluding hydrogens is 564 g/mol. The van der Waals surface area contributed by atoms with Crippen LogP contribution in [-0.2, 0) is 44.5 Å². The largest absolute Gasteiger partial charge is 0.493 e. The van der Waals surface area contributed by atoms with Gasteiger partial charge < -0.3 is 38.5 Å². The van der Waals surface area contributed by atoms with E-state index in [0.29, 0.717) is 6.61 Å². The van der Waals surface area contributed by atoms with Crippen LogP contribution in [0.2, 0.25) is 0 Å². The van der Waals surface area contributed by atoms with Gasteiger partial charge in [0, 0.05) is 19.4 Å². The zero-order chi connectivity index (χ0) is 31.4. The van der Waals surface area contributed by atoms with Gasteiger partial charge in [0.05, 0.1) is 26.2 Å². The Labute approximate surface area is 250 Å². The van der Waals surface area contributed by atoms with Crippen LogP contribution in [0.25, 0.3) is 0 Å². The molecule has 1 aliphatic heterocycles. The van der Waals surface area contributed by atoms with Gasteiger partial charge in [0.15, 0.2) is 36.1 Å². The third kappa shape index (κ3) is 9.38. The Morgan fingerprint density at radius 2 is 1.81 bits per heavy atom. The highest BCUT2D eigenvalue weighted by Gasteiger charge is 2.42. The molecule has 1 amide bonds. The number of nitrogens with one attached hydrogen (secondary N) is 1. The lowest BCUT2D eigenvalue weighted by atomic mass is 9.91. The lowest BCUT2D eigenvalue weighted by Gasteiger charge is -2.29. The van der Waals surface area contributed by atoms with Crippen molar-refractivity contribution in [2.75, 3.05) is 40.8 Å². The van der Waals surface area contributed by atoms with Gasteiger partial charge in [0.2, 0.25) is 0 Å². The number of carbonyl (C=O) groups is 4. The molecule has 13 nitrogen and oxygen atoms in total. The summed E-state index contributed by atoms with van der Waals surface area (Å²) in [6.45, 7) is 4.65. The van der Waals surface area contributed by atoms with Crippen molar-refractivity contribution in [3.05, 3.63) is 53.9 Å². The van der Waals surface area contributed by atoms with E-state index < -0.39 is 60.5 Å².